The Labute approximate surface area is 103 Å². The van der Waals surface area contributed by atoms with Crippen molar-refractivity contribution >= 4 is 22.9 Å². The Morgan fingerprint density at radius 3 is 2.94 bits per heavy atom. The molecule has 3 nitrogen and oxygen atoms in total. The van der Waals surface area contributed by atoms with Crippen LogP contribution in [-0.2, 0) is 6.54 Å². The summed E-state index contributed by atoms with van der Waals surface area (Å²) in [5.74, 6) is 0. The molecular formula is C11H12ClNO2S. The summed E-state index contributed by atoms with van der Waals surface area (Å²) in [7, 11) is 0. The Hall–Kier alpha value is -0.810. The first kappa shape index (κ1) is 11.7. The Kier molecular flexibility index (Phi) is 4.01. The lowest BCUT2D eigenvalue weighted by Crippen LogP contribution is -2.20. The first-order valence-corrected chi connectivity index (χ1v) is 6.10. The van der Waals surface area contributed by atoms with E-state index in [2.05, 4.69) is 5.32 Å². The summed E-state index contributed by atoms with van der Waals surface area (Å²) in [5.41, 5.74) is 1.07. The lowest BCUT2D eigenvalue weighted by atomic mass is 10.3. The molecule has 1 unspecified atom stereocenters. The average molecular weight is 258 g/mol. The molecule has 2 aromatic heterocycles. The molecule has 5 heteroatoms. The predicted octanol–water partition coefficient (Wildman–Crippen LogP) is 2.82. The van der Waals surface area contributed by atoms with Crippen LogP contribution in [0.3, 0.4) is 0 Å². The van der Waals surface area contributed by atoms with Gasteiger partial charge in [0.05, 0.1) is 16.9 Å². The third-order valence-electron chi connectivity index (χ3n) is 2.17. The number of thiophene rings is 1. The van der Waals surface area contributed by atoms with Gasteiger partial charge in [-0.2, -0.15) is 0 Å². The summed E-state index contributed by atoms with van der Waals surface area (Å²) in [6.07, 6.45) is 2.80. The van der Waals surface area contributed by atoms with Gasteiger partial charge < -0.3 is 14.8 Å². The van der Waals surface area contributed by atoms with Gasteiger partial charge in [-0.15, -0.1) is 11.3 Å². The summed E-state index contributed by atoms with van der Waals surface area (Å²) in [6.45, 7) is 1.19. The van der Waals surface area contributed by atoms with Crippen molar-refractivity contribution < 1.29 is 9.52 Å². The maximum atomic E-state index is 9.83. The fourth-order valence-electron chi connectivity index (χ4n) is 1.35. The van der Waals surface area contributed by atoms with Gasteiger partial charge in [-0.05, 0) is 18.2 Å². The van der Waals surface area contributed by atoms with Gasteiger partial charge in [0.2, 0.25) is 0 Å². The molecule has 0 amide bonds. The van der Waals surface area contributed by atoms with Crippen molar-refractivity contribution in [1.82, 2.24) is 5.32 Å². The fraction of sp³-hybridized carbons (Fsp3) is 0.273. The molecule has 2 heterocycles. The summed E-state index contributed by atoms with van der Waals surface area (Å²) < 4.78 is 5.64. The number of furan rings is 1. The second-order valence-electron chi connectivity index (χ2n) is 3.42. The van der Waals surface area contributed by atoms with E-state index in [0.29, 0.717) is 17.4 Å². The van der Waals surface area contributed by atoms with Crippen molar-refractivity contribution in [2.24, 2.45) is 0 Å². The quantitative estimate of drug-likeness (QED) is 0.866. The van der Waals surface area contributed by atoms with Crippen molar-refractivity contribution in [2.75, 3.05) is 6.54 Å². The zero-order valence-electron chi connectivity index (χ0n) is 8.52. The molecule has 2 N–H and O–H groups in total. The lowest BCUT2D eigenvalue weighted by Gasteiger charge is -2.08. The van der Waals surface area contributed by atoms with E-state index in [4.69, 9.17) is 16.0 Å². The highest BCUT2D eigenvalue weighted by atomic mass is 35.5. The van der Waals surface area contributed by atoms with E-state index < -0.39 is 6.10 Å². The van der Waals surface area contributed by atoms with Gasteiger partial charge >= 0.3 is 0 Å². The van der Waals surface area contributed by atoms with E-state index in [-0.39, 0.29) is 0 Å². The van der Waals surface area contributed by atoms with Crippen molar-refractivity contribution in [1.29, 1.82) is 0 Å². The zero-order valence-corrected chi connectivity index (χ0v) is 10.1. The van der Waals surface area contributed by atoms with Crippen LogP contribution in [0.25, 0.3) is 0 Å². The Morgan fingerprint density at radius 1 is 1.44 bits per heavy atom. The maximum Gasteiger partial charge on any atom is 0.101 e. The molecule has 0 aliphatic rings. The van der Waals surface area contributed by atoms with Crippen molar-refractivity contribution in [3.05, 3.63) is 45.5 Å². The smallest absolute Gasteiger partial charge is 0.101 e. The summed E-state index contributed by atoms with van der Waals surface area (Å²) in [5, 5.41) is 13.0. The number of hydrogen-bond acceptors (Lipinski definition) is 4. The highest BCUT2D eigenvalue weighted by Gasteiger charge is 2.09. The summed E-state index contributed by atoms with van der Waals surface area (Å²) in [4.78, 5) is 0.879. The SMILES string of the molecule is OC(CNCc1ccoc1)c1ccc(Cl)s1. The van der Waals surface area contributed by atoms with E-state index in [1.54, 1.807) is 18.6 Å². The summed E-state index contributed by atoms with van der Waals surface area (Å²) >= 11 is 7.20. The monoisotopic (exact) mass is 257 g/mol. The zero-order chi connectivity index (χ0) is 11.4. The molecule has 0 saturated carbocycles. The van der Waals surface area contributed by atoms with Crippen LogP contribution in [0.4, 0.5) is 0 Å². The highest BCUT2D eigenvalue weighted by molar-refractivity contribution is 7.16. The number of aliphatic hydroxyl groups excluding tert-OH is 1. The predicted molar refractivity (Wildman–Crippen MR) is 64.7 cm³/mol. The molecule has 0 spiro atoms. The van der Waals surface area contributed by atoms with Crippen LogP contribution < -0.4 is 5.32 Å². The van der Waals surface area contributed by atoms with E-state index in [1.165, 1.54) is 11.3 Å². The topological polar surface area (TPSA) is 45.4 Å². The van der Waals surface area contributed by atoms with Gasteiger partial charge in [0, 0.05) is 23.5 Å². The second-order valence-corrected chi connectivity index (χ2v) is 5.17. The standard InChI is InChI=1S/C11H12ClNO2S/c12-11-2-1-10(16-11)9(14)6-13-5-8-3-4-15-7-8/h1-4,7,9,13-14H,5-6H2. The molecular weight excluding hydrogens is 246 g/mol. The lowest BCUT2D eigenvalue weighted by molar-refractivity contribution is 0.178. The first-order chi connectivity index (χ1) is 7.75. The Morgan fingerprint density at radius 2 is 2.31 bits per heavy atom. The van der Waals surface area contributed by atoms with Crippen molar-refractivity contribution in [2.45, 2.75) is 12.6 Å². The largest absolute Gasteiger partial charge is 0.472 e. The van der Waals surface area contributed by atoms with Crippen LogP contribution in [0, 0.1) is 0 Å². The van der Waals surface area contributed by atoms with Gasteiger partial charge in [0.25, 0.3) is 0 Å². The third-order valence-corrected chi connectivity index (χ3v) is 3.50. The second kappa shape index (κ2) is 5.50. The minimum absolute atomic E-state index is 0.502. The molecule has 0 fully saturated rings. The van der Waals surface area contributed by atoms with E-state index >= 15 is 0 Å². The molecule has 86 valence electrons. The fourth-order valence-corrected chi connectivity index (χ4v) is 2.40. The Bertz CT molecular complexity index is 427. The van der Waals surface area contributed by atoms with Gasteiger partial charge in [0.1, 0.15) is 6.10 Å². The number of rotatable bonds is 5. The van der Waals surface area contributed by atoms with Crippen LogP contribution in [0.15, 0.2) is 35.1 Å². The minimum Gasteiger partial charge on any atom is -0.472 e. The summed E-state index contributed by atoms with van der Waals surface area (Å²) in [6, 6.07) is 5.53. The maximum absolute atomic E-state index is 9.83. The molecule has 16 heavy (non-hydrogen) atoms. The normalized spacial score (nSPS) is 12.9. The van der Waals surface area contributed by atoms with Gasteiger partial charge in [-0.25, -0.2) is 0 Å². The number of aliphatic hydroxyl groups is 1. The van der Waals surface area contributed by atoms with Crippen molar-refractivity contribution in [3.8, 4) is 0 Å². The van der Waals surface area contributed by atoms with Gasteiger partial charge in [-0.1, -0.05) is 11.6 Å². The van der Waals surface area contributed by atoms with Crippen molar-refractivity contribution in [3.63, 3.8) is 0 Å². The minimum atomic E-state index is -0.510. The van der Waals surface area contributed by atoms with Gasteiger partial charge in [-0.3, -0.25) is 0 Å². The number of hydrogen-bond donors (Lipinski definition) is 2. The van der Waals surface area contributed by atoms with Gasteiger partial charge in [0.15, 0.2) is 0 Å². The molecule has 2 aromatic rings. The van der Waals surface area contributed by atoms with Crippen LogP contribution in [0.5, 0.6) is 0 Å². The molecule has 2 rings (SSSR count). The van der Waals surface area contributed by atoms with E-state index in [9.17, 15) is 5.11 Å². The molecule has 0 bridgehead atoms. The molecule has 0 aromatic carbocycles. The highest BCUT2D eigenvalue weighted by Crippen LogP contribution is 2.26. The van der Waals surface area contributed by atoms with Crippen LogP contribution in [0.1, 0.15) is 16.5 Å². The van der Waals surface area contributed by atoms with Crippen LogP contribution in [-0.4, -0.2) is 11.7 Å². The van der Waals surface area contributed by atoms with Crippen LogP contribution >= 0.6 is 22.9 Å². The molecule has 0 radical (unpaired) electrons. The van der Waals surface area contributed by atoms with Crippen LogP contribution in [0.2, 0.25) is 4.34 Å². The molecule has 0 saturated heterocycles. The average Bonchev–Trinajstić information content (AvgIpc) is 2.89. The van der Waals surface area contributed by atoms with E-state index in [0.717, 1.165) is 10.4 Å². The Balaban J connectivity index is 1.78. The molecule has 0 aliphatic carbocycles. The first-order valence-electron chi connectivity index (χ1n) is 4.91. The number of halogens is 1. The number of nitrogens with one attached hydrogen (secondary N) is 1. The van der Waals surface area contributed by atoms with E-state index in [1.807, 2.05) is 12.1 Å². The molecule has 1 atom stereocenters. The third kappa shape index (κ3) is 3.09. The molecule has 0 aliphatic heterocycles.